The predicted molar refractivity (Wildman–Crippen MR) is 129 cm³/mol. The Balaban J connectivity index is 1.48. The SMILES string of the molecule is Cc1cccc(-c2nc3c(c(SCC(=O)NCCc4ccccc4)n2)COC(C)(C)C3)c1. The second-order valence-electron chi connectivity index (χ2n) is 8.75. The molecule has 1 aromatic heterocycles. The van der Waals surface area contributed by atoms with E-state index < -0.39 is 0 Å². The molecule has 1 amide bonds. The van der Waals surface area contributed by atoms with Crippen LogP contribution in [0, 0.1) is 6.92 Å². The lowest BCUT2D eigenvalue weighted by molar-refractivity contribution is -0.118. The van der Waals surface area contributed by atoms with Crippen LogP contribution in [-0.2, 0) is 29.0 Å². The second kappa shape index (κ2) is 9.84. The van der Waals surface area contributed by atoms with E-state index in [-0.39, 0.29) is 11.5 Å². The van der Waals surface area contributed by atoms with E-state index >= 15 is 0 Å². The highest BCUT2D eigenvalue weighted by molar-refractivity contribution is 7.99. The molecule has 166 valence electrons. The lowest BCUT2D eigenvalue weighted by Gasteiger charge is -2.32. The third-order valence-corrected chi connectivity index (χ3v) is 6.47. The number of nitrogens with zero attached hydrogens (tertiary/aromatic N) is 2. The maximum atomic E-state index is 12.5. The number of fused-ring (bicyclic) bond motifs is 1. The summed E-state index contributed by atoms with van der Waals surface area (Å²) in [6.45, 7) is 7.31. The van der Waals surface area contributed by atoms with Crippen molar-refractivity contribution in [3.8, 4) is 11.4 Å². The van der Waals surface area contributed by atoms with Crippen molar-refractivity contribution in [1.29, 1.82) is 0 Å². The minimum atomic E-state index is -0.262. The third kappa shape index (κ3) is 5.75. The smallest absolute Gasteiger partial charge is 0.230 e. The van der Waals surface area contributed by atoms with Crippen LogP contribution in [0.1, 0.15) is 36.2 Å². The zero-order chi connectivity index (χ0) is 22.6. The Kier molecular flexibility index (Phi) is 6.92. The zero-order valence-electron chi connectivity index (χ0n) is 18.9. The standard InChI is InChI=1S/C26H29N3O2S/c1-18-8-7-11-20(14-18)24-28-22-15-26(2,3)31-16-21(22)25(29-24)32-17-23(30)27-13-12-19-9-5-4-6-10-19/h4-11,14H,12-13,15-17H2,1-3H3,(H,27,30). The Morgan fingerprint density at radius 1 is 1.12 bits per heavy atom. The first kappa shape index (κ1) is 22.5. The number of hydrogen-bond donors (Lipinski definition) is 1. The highest BCUT2D eigenvalue weighted by Gasteiger charge is 2.30. The van der Waals surface area contributed by atoms with Gasteiger partial charge in [-0.3, -0.25) is 4.79 Å². The summed E-state index contributed by atoms with van der Waals surface area (Å²) in [6.07, 6.45) is 1.54. The lowest BCUT2D eigenvalue weighted by atomic mass is 9.96. The number of carbonyl (C=O) groups is 1. The van der Waals surface area contributed by atoms with Crippen LogP contribution in [0.4, 0.5) is 0 Å². The number of ether oxygens (including phenoxy) is 1. The number of rotatable bonds is 7. The number of amides is 1. The van der Waals surface area contributed by atoms with Crippen LogP contribution < -0.4 is 5.32 Å². The van der Waals surface area contributed by atoms with Crippen LogP contribution in [0.5, 0.6) is 0 Å². The van der Waals surface area contributed by atoms with Crippen LogP contribution >= 0.6 is 11.8 Å². The van der Waals surface area contributed by atoms with Crippen molar-refractivity contribution in [2.75, 3.05) is 12.3 Å². The quantitative estimate of drug-likeness (QED) is 0.418. The van der Waals surface area contributed by atoms with Gasteiger partial charge >= 0.3 is 0 Å². The molecule has 1 N–H and O–H groups in total. The van der Waals surface area contributed by atoms with Gasteiger partial charge in [0.15, 0.2) is 5.82 Å². The summed E-state index contributed by atoms with van der Waals surface area (Å²) in [6, 6.07) is 18.4. The summed E-state index contributed by atoms with van der Waals surface area (Å²) >= 11 is 1.46. The van der Waals surface area contributed by atoms with Crippen molar-refractivity contribution in [2.24, 2.45) is 0 Å². The first-order valence-electron chi connectivity index (χ1n) is 10.9. The Morgan fingerprint density at radius 2 is 1.94 bits per heavy atom. The van der Waals surface area contributed by atoms with Gasteiger partial charge in [0.1, 0.15) is 5.03 Å². The van der Waals surface area contributed by atoms with Crippen molar-refractivity contribution in [3.63, 3.8) is 0 Å². The Bertz CT molecular complexity index is 1100. The molecule has 0 bridgehead atoms. The van der Waals surface area contributed by atoms with Gasteiger partial charge in [-0.1, -0.05) is 65.9 Å². The van der Waals surface area contributed by atoms with E-state index in [9.17, 15) is 4.79 Å². The van der Waals surface area contributed by atoms with Gasteiger partial charge in [-0.2, -0.15) is 0 Å². The average Bonchev–Trinajstić information content (AvgIpc) is 2.77. The number of thioether (sulfide) groups is 1. The summed E-state index contributed by atoms with van der Waals surface area (Å²) in [4.78, 5) is 22.2. The molecule has 0 saturated heterocycles. The zero-order valence-corrected chi connectivity index (χ0v) is 19.7. The van der Waals surface area contributed by atoms with E-state index in [4.69, 9.17) is 14.7 Å². The monoisotopic (exact) mass is 447 g/mol. The van der Waals surface area contributed by atoms with Crippen LogP contribution in [0.25, 0.3) is 11.4 Å². The maximum Gasteiger partial charge on any atom is 0.230 e. The molecule has 6 heteroatoms. The molecule has 2 aromatic carbocycles. The minimum absolute atomic E-state index is 0.00690. The van der Waals surface area contributed by atoms with E-state index in [0.717, 1.165) is 34.7 Å². The fraction of sp³-hybridized carbons (Fsp3) is 0.346. The summed E-state index contributed by atoms with van der Waals surface area (Å²) < 4.78 is 6.02. The summed E-state index contributed by atoms with van der Waals surface area (Å²) in [7, 11) is 0. The maximum absolute atomic E-state index is 12.5. The molecule has 0 spiro atoms. The van der Waals surface area contributed by atoms with E-state index in [1.165, 1.54) is 22.9 Å². The minimum Gasteiger partial charge on any atom is -0.370 e. The molecule has 2 heterocycles. The molecular formula is C26H29N3O2S. The molecule has 0 fully saturated rings. The van der Waals surface area contributed by atoms with E-state index in [0.29, 0.717) is 24.7 Å². The molecule has 0 aliphatic carbocycles. The Hall–Kier alpha value is -2.70. The molecule has 1 aliphatic rings. The van der Waals surface area contributed by atoms with E-state index in [2.05, 4.69) is 50.4 Å². The largest absolute Gasteiger partial charge is 0.370 e. The van der Waals surface area contributed by atoms with Crippen LogP contribution in [-0.4, -0.2) is 33.8 Å². The Labute approximate surface area is 194 Å². The van der Waals surface area contributed by atoms with Gasteiger partial charge in [0.25, 0.3) is 0 Å². The summed E-state index contributed by atoms with van der Waals surface area (Å²) in [5, 5.41) is 3.85. The first-order valence-corrected chi connectivity index (χ1v) is 11.9. The molecule has 0 saturated carbocycles. The third-order valence-electron chi connectivity index (χ3n) is 5.45. The lowest BCUT2D eigenvalue weighted by Crippen LogP contribution is -2.33. The van der Waals surface area contributed by atoms with Gasteiger partial charge in [0, 0.05) is 24.1 Å². The van der Waals surface area contributed by atoms with Crippen molar-refractivity contribution in [3.05, 3.63) is 77.0 Å². The van der Waals surface area contributed by atoms with Gasteiger partial charge < -0.3 is 10.1 Å². The van der Waals surface area contributed by atoms with E-state index in [1.54, 1.807) is 0 Å². The number of carbonyl (C=O) groups excluding carboxylic acids is 1. The average molecular weight is 448 g/mol. The highest BCUT2D eigenvalue weighted by atomic mass is 32.2. The van der Waals surface area contributed by atoms with Gasteiger partial charge in [-0.05, 0) is 38.8 Å². The number of hydrogen-bond acceptors (Lipinski definition) is 5. The van der Waals surface area contributed by atoms with Crippen LogP contribution in [0.2, 0.25) is 0 Å². The van der Waals surface area contributed by atoms with Crippen molar-refractivity contribution in [1.82, 2.24) is 15.3 Å². The fourth-order valence-corrected chi connectivity index (χ4v) is 4.60. The second-order valence-corrected chi connectivity index (χ2v) is 9.71. The number of nitrogens with one attached hydrogen (secondary N) is 1. The molecule has 3 aromatic rings. The van der Waals surface area contributed by atoms with Crippen molar-refractivity contribution < 1.29 is 9.53 Å². The highest BCUT2D eigenvalue weighted by Crippen LogP contribution is 2.34. The van der Waals surface area contributed by atoms with Crippen molar-refractivity contribution in [2.45, 2.75) is 50.8 Å². The topological polar surface area (TPSA) is 64.1 Å². The molecule has 5 nitrogen and oxygen atoms in total. The summed E-state index contributed by atoms with van der Waals surface area (Å²) in [5.74, 6) is 1.03. The van der Waals surface area contributed by atoms with Gasteiger partial charge in [0.2, 0.25) is 5.91 Å². The Morgan fingerprint density at radius 3 is 2.72 bits per heavy atom. The van der Waals surface area contributed by atoms with Gasteiger partial charge in [0.05, 0.1) is 23.7 Å². The predicted octanol–water partition coefficient (Wildman–Crippen LogP) is 4.75. The van der Waals surface area contributed by atoms with E-state index in [1.807, 2.05) is 30.3 Å². The van der Waals surface area contributed by atoms with Crippen molar-refractivity contribution >= 4 is 17.7 Å². The molecule has 0 radical (unpaired) electrons. The molecule has 1 aliphatic heterocycles. The molecule has 32 heavy (non-hydrogen) atoms. The number of aromatic nitrogens is 2. The fourth-order valence-electron chi connectivity index (χ4n) is 3.73. The molecule has 0 atom stereocenters. The molecule has 4 rings (SSSR count). The van der Waals surface area contributed by atoms with Crippen LogP contribution in [0.3, 0.4) is 0 Å². The van der Waals surface area contributed by atoms with Gasteiger partial charge in [-0.25, -0.2) is 9.97 Å². The summed E-state index contributed by atoms with van der Waals surface area (Å²) in [5.41, 5.74) is 5.13. The number of aryl methyl sites for hydroxylation is 1. The first-order chi connectivity index (χ1) is 15.4. The number of benzene rings is 2. The normalized spacial score (nSPS) is 14.6. The van der Waals surface area contributed by atoms with Crippen LogP contribution in [0.15, 0.2) is 59.6 Å². The molecular weight excluding hydrogens is 418 g/mol. The molecule has 0 unspecified atom stereocenters. The van der Waals surface area contributed by atoms with Gasteiger partial charge in [-0.15, -0.1) is 0 Å².